The lowest BCUT2D eigenvalue weighted by atomic mass is 10.1. The summed E-state index contributed by atoms with van der Waals surface area (Å²) in [5.41, 5.74) is 0.919. The van der Waals surface area contributed by atoms with E-state index in [1.54, 1.807) is 49.4 Å². The van der Waals surface area contributed by atoms with Gasteiger partial charge in [0.15, 0.2) is 0 Å². The van der Waals surface area contributed by atoms with Crippen LogP contribution >= 0.6 is 0 Å². The van der Waals surface area contributed by atoms with Crippen LogP contribution in [-0.2, 0) is 16.0 Å². The molecule has 0 fully saturated rings. The molecule has 2 aromatic carbocycles. The Morgan fingerprint density at radius 3 is 2.50 bits per heavy atom. The third kappa shape index (κ3) is 3.91. The summed E-state index contributed by atoms with van der Waals surface area (Å²) in [6.07, 6.45) is -0.107. The SMILES string of the molecule is CCOC(=O)c1ccccc1NC(=O)Cc1ccccc1F. The number of esters is 1. The molecular weight excluding hydrogens is 285 g/mol. The van der Waals surface area contributed by atoms with Gasteiger partial charge in [-0.05, 0) is 30.7 Å². The highest BCUT2D eigenvalue weighted by atomic mass is 19.1. The lowest BCUT2D eigenvalue weighted by Crippen LogP contribution is -2.18. The zero-order valence-electron chi connectivity index (χ0n) is 12.1. The van der Waals surface area contributed by atoms with Gasteiger partial charge in [-0.25, -0.2) is 9.18 Å². The molecule has 22 heavy (non-hydrogen) atoms. The minimum absolute atomic E-state index is 0.107. The lowest BCUT2D eigenvalue weighted by molar-refractivity contribution is -0.115. The van der Waals surface area contributed by atoms with E-state index in [4.69, 9.17) is 4.74 Å². The Hall–Kier alpha value is -2.69. The van der Waals surface area contributed by atoms with Crippen LogP contribution in [0.4, 0.5) is 10.1 Å². The molecule has 0 saturated heterocycles. The van der Waals surface area contributed by atoms with Gasteiger partial charge in [0.25, 0.3) is 0 Å². The van der Waals surface area contributed by atoms with Gasteiger partial charge in [-0.15, -0.1) is 0 Å². The summed E-state index contributed by atoms with van der Waals surface area (Å²) < 4.78 is 18.5. The minimum Gasteiger partial charge on any atom is -0.462 e. The van der Waals surface area contributed by atoms with Gasteiger partial charge in [-0.3, -0.25) is 4.79 Å². The summed E-state index contributed by atoms with van der Waals surface area (Å²) in [6, 6.07) is 12.6. The van der Waals surface area contributed by atoms with E-state index in [-0.39, 0.29) is 18.6 Å². The molecule has 0 heterocycles. The quantitative estimate of drug-likeness (QED) is 0.863. The Bertz CT molecular complexity index is 685. The molecule has 1 amide bonds. The monoisotopic (exact) mass is 301 g/mol. The number of amides is 1. The van der Waals surface area contributed by atoms with Crippen molar-refractivity contribution >= 4 is 17.6 Å². The number of ether oxygens (including phenoxy) is 1. The molecule has 1 N–H and O–H groups in total. The summed E-state index contributed by atoms with van der Waals surface area (Å²) in [4.78, 5) is 23.9. The first kappa shape index (κ1) is 15.7. The summed E-state index contributed by atoms with van der Waals surface area (Å²) in [7, 11) is 0. The highest BCUT2D eigenvalue weighted by Gasteiger charge is 2.14. The fourth-order valence-electron chi connectivity index (χ4n) is 1.99. The normalized spacial score (nSPS) is 10.1. The summed E-state index contributed by atoms with van der Waals surface area (Å²) in [5, 5.41) is 2.62. The predicted octanol–water partition coefficient (Wildman–Crippen LogP) is 3.18. The number of carbonyl (C=O) groups excluding carboxylic acids is 2. The molecule has 0 aliphatic rings. The number of nitrogens with one attached hydrogen (secondary N) is 1. The largest absolute Gasteiger partial charge is 0.462 e. The van der Waals surface area contributed by atoms with Crippen molar-refractivity contribution in [1.29, 1.82) is 0 Å². The van der Waals surface area contributed by atoms with Crippen LogP contribution < -0.4 is 5.32 Å². The van der Waals surface area contributed by atoms with Gasteiger partial charge in [0.05, 0.1) is 24.3 Å². The van der Waals surface area contributed by atoms with Gasteiger partial charge < -0.3 is 10.1 Å². The van der Waals surface area contributed by atoms with Crippen molar-refractivity contribution < 1.29 is 18.7 Å². The number of halogens is 1. The molecule has 0 unspecified atom stereocenters. The number of anilines is 1. The Kier molecular flexibility index (Phi) is 5.25. The molecule has 2 rings (SSSR count). The average molecular weight is 301 g/mol. The molecule has 4 nitrogen and oxygen atoms in total. The van der Waals surface area contributed by atoms with Gasteiger partial charge >= 0.3 is 5.97 Å². The Labute approximate surface area is 127 Å². The van der Waals surface area contributed by atoms with E-state index in [0.717, 1.165) is 0 Å². The maximum absolute atomic E-state index is 13.5. The third-order valence-electron chi connectivity index (χ3n) is 3.01. The van der Waals surface area contributed by atoms with Gasteiger partial charge in [-0.1, -0.05) is 30.3 Å². The van der Waals surface area contributed by atoms with Crippen molar-refractivity contribution in [2.45, 2.75) is 13.3 Å². The van der Waals surface area contributed by atoms with E-state index < -0.39 is 17.7 Å². The second-order valence-corrected chi connectivity index (χ2v) is 4.58. The van der Waals surface area contributed by atoms with Crippen LogP contribution in [0.2, 0.25) is 0 Å². The smallest absolute Gasteiger partial charge is 0.340 e. The molecule has 0 spiro atoms. The minimum atomic E-state index is -0.510. The predicted molar refractivity (Wildman–Crippen MR) is 81.1 cm³/mol. The topological polar surface area (TPSA) is 55.4 Å². The fourth-order valence-corrected chi connectivity index (χ4v) is 1.99. The highest BCUT2D eigenvalue weighted by Crippen LogP contribution is 2.17. The molecule has 0 atom stereocenters. The Balaban J connectivity index is 2.12. The molecule has 114 valence electrons. The van der Waals surface area contributed by atoms with E-state index in [9.17, 15) is 14.0 Å². The van der Waals surface area contributed by atoms with Crippen LogP contribution in [0, 0.1) is 5.82 Å². The first-order valence-corrected chi connectivity index (χ1v) is 6.91. The lowest BCUT2D eigenvalue weighted by Gasteiger charge is -2.10. The van der Waals surface area contributed by atoms with Crippen molar-refractivity contribution in [2.24, 2.45) is 0 Å². The van der Waals surface area contributed by atoms with E-state index in [2.05, 4.69) is 5.32 Å². The number of benzene rings is 2. The van der Waals surface area contributed by atoms with Crippen molar-refractivity contribution in [3.8, 4) is 0 Å². The first-order valence-electron chi connectivity index (χ1n) is 6.91. The maximum atomic E-state index is 13.5. The number of hydrogen-bond acceptors (Lipinski definition) is 3. The second kappa shape index (κ2) is 7.36. The standard InChI is InChI=1S/C17H16FNO3/c1-2-22-17(21)13-8-4-6-10-15(13)19-16(20)11-12-7-3-5-9-14(12)18/h3-10H,2,11H2,1H3,(H,19,20). The van der Waals surface area contributed by atoms with Crippen LogP contribution in [-0.4, -0.2) is 18.5 Å². The fraction of sp³-hybridized carbons (Fsp3) is 0.176. The third-order valence-corrected chi connectivity index (χ3v) is 3.01. The van der Waals surface area contributed by atoms with Crippen LogP contribution in [0.1, 0.15) is 22.8 Å². The molecule has 0 radical (unpaired) electrons. The zero-order chi connectivity index (χ0) is 15.9. The molecule has 5 heteroatoms. The second-order valence-electron chi connectivity index (χ2n) is 4.58. The zero-order valence-corrected chi connectivity index (χ0v) is 12.1. The van der Waals surface area contributed by atoms with Gasteiger partial charge in [0, 0.05) is 0 Å². The van der Waals surface area contributed by atoms with Crippen molar-refractivity contribution in [1.82, 2.24) is 0 Å². The number of carbonyl (C=O) groups is 2. The summed E-state index contributed by atoms with van der Waals surface area (Å²) in [6.45, 7) is 1.95. The van der Waals surface area contributed by atoms with Gasteiger partial charge in [-0.2, -0.15) is 0 Å². The van der Waals surface area contributed by atoms with E-state index >= 15 is 0 Å². The van der Waals surface area contributed by atoms with Crippen molar-refractivity contribution in [2.75, 3.05) is 11.9 Å². The van der Waals surface area contributed by atoms with Crippen LogP contribution in [0.3, 0.4) is 0 Å². The number of para-hydroxylation sites is 1. The van der Waals surface area contributed by atoms with Crippen molar-refractivity contribution in [3.05, 3.63) is 65.5 Å². The van der Waals surface area contributed by atoms with Crippen LogP contribution in [0.25, 0.3) is 0 Å². The summed E-state index contributed by atoms with van der Waals surface area (Å²) >= 11 is 0. The van der Waals surface area contributed by atoms with Gasteiger partial charge in [0.2, 0.25) is 5.91 Å². The molecule has 0 aromatic heterocycles. The molecular formula is C17H16FNO3. The molecule has 0 aliphatic carbocycles. The Morgan fingerprint density at radius 1 is 1.09 bits per heavy atom. The number of hydrogen-bond donors (Lipinski definition) is 1. The summed E-state index contributed by atoms with van der Waals surface area (Å²) in [5.74, 6) is -1.34. The molecule has 2 aromatic rings. The molecule has 0 aliphatic heterocycles. The van der Waals surface area contributed by atoms with Crippen molar-refractivity contribution in [3.63, 3.8) is 0 Å². The maximum Gasteiger partial charge on any atom is 0.340 e. The molecule has 0 bridgehead atoms. The van der Waals surface area contributed by atoms with Crippen LogP contribution in [0.5, 0.6) is 0 Å². The van der Waals surface area contributed by atoms with E-state index in [1.807, 2.05) is 0 Å². The first-order chi connectivity index (χ1) is 10.6. The van der Waals surface area contributed by atoms with E-state index in [1.165, 1.54) is 6.07 Å². The average Bonchev–Trinajstić information content (AvgIpc) is 2.50. The number of rotatable bonds is 5. The molecule has 0 saturated carbocycles. The van der Waals surface area contributed by atoms with Crippen LogP contribution in [0.15, 0.2) is 48.5 Å². The van der Waals surface area contributed by atoms with Gasteiger partial charge in [0.1, 0.15) is 5.82 Å². The highest BCUT2D eigenvalue weighted by molar-refractivity contribution is 6.01. The van der Waals surface area contributed by atoms with E-state index in [0.29, 0.717) is 11.3 Å². The Morgan fingerprint density at radius 2 is 1.77 bits per heavy atom.